The molecule has 0 radical (unpaired) electrons. The first-order chi connectivity index (χ1) is 11.9. The van der Waals surface area contributed by atoms with Crippen molar-refractivity contribution in [1.29, 1.82) is 0 Å². The Labute approximate surface area is 143 Å². The van der Waals surface area contributed by atoms with Gasteiger partial charge < -0.3 is 4.74 Å². The number of nitro benzene ring substituents is 2. The van der Waals surface area contributed by atoms with Gasteiger partial charge in [-0.05, 0) is 25.8 Å². The van der Waals surface area contributed by atoms with E-state index in [9.17, 15) is 25.0 Å². The van der Waals surface area contributed by atoms with Crippen LogP contribution in [0.5, 0.6) is 0 Å². The van der Waals surface area contributed by atoms with E-state index < -0.39 is 27.2 Å². The second-order valence-corrected chi connectivity index (χ2v) is 5.53. The van der Waals surface area contributed by atoms with Crippen LogP contribution in [0, 0.1) is 26.1 Å². The van der Waals surface area contributed by atoms with Crippen LogP contribution >= 0.6 is 0 Å². The average molecular weight is 350 g/mol. The third-order valence-electron chi connectivity index (χ3n) is 3.91. The zero-order chi connectivity index (χ0) is 18.4. The molecule has 0 saturated heterocycles. The normalized spacial score (nSPS) is 15.0. The predicted molar refractivity (Wildman–Crippen MR) is 89.4 cm³/mol. The summed E-state index contributed by atoms with van der Waals surface area (Å²) in [5.74, 6) is -0.630. The Hall–Kier alpha value is -3.04. The Bertz CT molecular complexity index is 712. The minimum atomic E-state index is -0.746. The van der Waals surface area contributed by atoms with Crippen LogP contribution in [-0.4, -0.2) is 28.1 Å². The van der Waals surface area contributed by atoms with Gasteiger partial charge in [-0.2, -0.15) is 5.10 Å². The molecule has 0 aromatic heterocycles. The third-order valence-corrected chi connectivity index (χ3v) is 3.91. The van der Waals surface area contributed by atoms with E-state index in [2.05, 4.69) is 10.5 Å². The van der Waals surface area contributed by atoms with Crippen LogP contribution in [0.25, 0.3) is 0 Å². The maximum atomic E-state index is 12.1. The van der Waals surface area contributed by atoms with Gasteiger partial charge in [0.15, 0.2) is 0 Å². The molecule has 10 heteroatoms. The minimum absolute atomic E-state index is 0.0320. The molecule has 1 aliphatic rings. The van der Waals surface area contributed by atoms with Crippen LogP contribution < -0.4 is 5.43 Å². The number of non-ortho nitro benzene ring substituents is 1. The van der Waals surface area contributed by atoms with Gasteiger partial charge in [0.2, 0.25) is 0 Å². The Kier molecular flexibility index (Phi) is 5.98. The Balaban J connectivity index is 2.31. The van der Waals surface area contributed by atoms with E-state index in [4.69, 9.17) is 4.74 Å². The van der Waals surface area contributed by atoms with Crippen molar-refractivity contribution in [3.63, 3.8) is 0 Å². The Morgan fingerprint density at radius 3 is 2.52 bits per heavy atom. The largest absolute Gasteiger partial charge is 0.461 e. The van der Waals surface area contributed by atoms with Gasteiger partial charge in [-0.1, -0.05) is 12.8 Å². The highest BCUT2D eigenvalue weighted by Gasteiger charge is 2.28. The van der Waals surface area contributed by atoms with Gasteiger partial charge in [-0.25, -0.2) is 4.79 Å². The number of nitrogens with zero attached hydrogens (tertiary/aromatic N) is 3. The number of ether oxygens (including phenoxy) is 1. The van der Waals surface area contributed by atoms with E-state index in [0.29, 0.717) is 0 Å². The number of anilines is 1. The lowest BCUT2D eigenvalue weighted by atomic mass is 10.0. The highest BCUT2D eigenvalue weighted by atomic mass is 16.6. The smallest absolute Gasteiger partial charge is 0.354 e. The highest BCUT2D eigenvalue weighted by Crippen LogP contribution is 2.30. The molecule has 10 nitrogen and oxygen atoms in total. The van der Waals surface area contributed by atoms with Crippen molar-refractivity contribution in [2.24, 2.45) is 11.0 Å². The quantitative estimate of drug-likeness (QED) is 0.345. The number of hydrogen-bond donors (Lipinski definition) is 1. The summed E-state index contributed by atoms with van der Waals surface area (Å²) in [6.45, 7) is 1.88. The fourth-order valence-corrected chi connectivity index (χ4v) is 2.71. The van der Waals surface area contributed by atoms with Gasteiger partial charge in [-0.3, -0.25) is 25.7 Å². The molecule has 0 amide bonds. The van der Waals surface area contributed by atoms with Crippen LogP contribution in [0.1, 0.15) is 32.6 Å². The van der Waals surface area contributed by atoms with Gasteiger partial charge in [0.1, 0.15) is 11.4 Å². The van der Waals surface area contributed by atoms with E-state index >= 15 is 0 Å². The van der Waals surface area contributed by atoms with E-state index in [1.54, 1.807) is 6.92 Å². The topological polar surface area (TPSA) is 137 Å². The molecule has 1 aromatic rings. The van der Waals surface area contributed by atoms with Gasteiger partial charge >= 0.3 is 11.7 Å². The first-order valence-corrected chi connectivity index (χ1v) is 7.87. The number of rotatable bonds is 7. The van der Waals surface area contributed by atoms with Gasteiger partial charge in [0, 0.05) is 12.0 Å². The number of hydrogen-bond acceptors (Lipinski definition) is 8. The molecule has 1 N–H and O–H groups in total. The summed E-state index contributed by atoms with van der Waals surface area (Å²) in [6, 6.07) is 3.17. The third kappa shape index (κ3) is 4.49. The second kappa shape index (κ2) is 8.18. The lowest BCUT2D eigenvalue weighted by Crippen LogP contribution is -2.25. The molecule has 2 rings (SSSR count). The van der Waals surface area contributed by atoms with Crippen LogP contribution in [-0.2, 0) is 9.53 Å². The molecular weight excluding hydrogens is 332 g/mol. The van der Waals surface area contributed by atoms with Crippen LogP contribution in [0.3, 0.4) is 0 Å². The molecule has 134 valence electrons. The fraction of sp³-hybridized carbons (Fsp3) is 0.467. The van der Waals surface area contributed by atoms with Crippen molar-refractivity contribution in [2.45, 2.75) is 32.6 Å². The standard InChI is InChI=1S/C15H18N4O6/c1-2-25-15(20)14(10-5-3-4-6-10)17-16-12-8-7-11(18(21)22)9-13(12)19(23)24/h7-10,16H,2-6H2,1H3. The van der Waals surface area contributed by atoms with Gasteiger partial charge in [-0.15, -0.1) is 0 Å². The van der Waals surface area contributed by atoms with Crippen LogP contribution in [0.2, 0.25) is 0 Å². The number of carbonyl (C=O) groups excluding carboxylic acids is 1. The van der Waals surface area contributed by atoms with Crippen molar-refractivity contribution >= 4 is 28.7 Å². The van der Waals surface area contributed by atoms with E-state index in [-0.39, 0.29) is 23.9 Å². The molecule has 1 aliphatic carbocycles. The molecule has 0 aliphatic heterocycles. The summed E-state index contributed by atoms with van der Waals surface area (Å²) < 4.78 is 5.00. The van der Waals surface area contributed by atoms with Crippen molar-refractivity contribution in [2.75, 3.05) is 12.0 Å². The molecule has 1 aromatic carbocycles. The first-order valence-electron chi connectivity index (χ1n) is 7.87. The molecule has 0 spiro atoms. The van der Waals surface area contributed by atoms with E-state index in [0.717, 1.165) is 37.8 Å². The van der Waals surface area contributed by atoms with Crippen molar-refractivity contribution in [3.05, 3.63) is 38.4 Å². The van der Waals surface area contributed by atoms with Crippen molar-refractivity contribution in [1.82, 2.24) is 0 Å². The molecule has 0 unspecified atom stereocenters. The summed E-state index contributed by atoms with van der Waals surface area (Å²) in [6.07, 6.45) is 3.53. The average Bonchev–Trinajstić information content (AvgIpc) is 3.09. The molecular formula is C15H18N4O6. The second-order valence-electron chi connectivity index (χ2n) is 5.53. The van der Waals surface area contributed by atoms with E-state index in [1.165, 1.54) is 6.07 Å². The zero-order valence-electron chi connectivity index (χ0n) is 13.6. The number of esters is 1. The van der Waals surface area contributed by atoms with Crippen LogP contribution in [0.15, 0.2) is 23.3 Å². The molecule has 1 saturated carbocycles. The maximum absolute atomic E-state index is 12.1. The highest BCUT2D eigenvalue weighted by molar-refractivity contribution is 6.37. The molecule has 0 bridgehead atoms. The lowest BCUT2D eigenvalue weighted by molar-refractivity contribution is -0.393. The monoisotopic (exact) mass is 350 g/mol. The zero-order valence-corrected chi connectivity index (χ0v) is 13.6. The number of hydrazone groups is 1. The molecule has 0 heterocycles. The lowest BCUT2D eigenvalue weighted by Gasteiger charge is -2.12. The fourth-order valence-electron chi connectivity index (χ4n) is 2.71. The maximum Gasteiger partial charge on any atom is 0.354 e. The Morgan fingerprint density at radius 2 is 1.96 bits per heavy atom. The van der Waals surface area contributed by atoms with Crippen molar-refractivity contribution in [3.8, 4) is 0 Å². The summed E-state index contributed by atoms with van der Waals surface area (Å²) in [5, 5.41) is 25.9. The minimum Gasteiger partial charge on any atom is -0.461 e. The Morgan fingerprint density at radius 1 is 1.28 bits per heavy atom. The van der Waals surface area contributed by atoms with Crippen molar-refractivity contribution < 1.29 is 19.4 Å². The number of benzene rings is 1. The SMILES string of the molecule is CCOC(=O)C(=NNc1ccc([N+](=O)[O-])cc1[N+](=O)[O-])C1CCCC1. The summed E-state index contributed by atoms with van der Waals surface area (Å²) in [7, 11) is 0. The molecule has 1 fully saturated rings. The number of nitrogens with one attached hydrogen (secondary N) is 1. The summed E-state index contributed by atoms with van der Waals surface area (Å²) in [4.78, 5) is 32.5. The summed E-state index contributed by atoms with van der Waals surface area (Å²) >= 11 is 0. The van der Waals surface area contributed by atoms with E-state index in [1.807, 2.05) is 0 Å². The first kappa shape index (κ1) is 18.3. The number of nitro groups is 2. The van der Waals surface area contributed by atoms with Gasteiger partial charge in [0.25, 0.3) is 5.69 Å². The van der Waals surface area contributed by atoms with Gasteiger partial charge in [0.05, 0.1) is 22.5 Å². The number of carbonyl (C=O) groups is 1. The van der Waals surface area contributed by atoms with Crippen LogP contribution in [0.4, 0.5) is 17.1 Å². The molecule has 0 atom stereocenters. The predicted octanol–water partition coefficient (Wildman–Crippen LogP) is 3.02. The molecule has 25 heavy (non-hydrogen) atoms. The summed E-state index contributed by atoms with van der Waals surface area (Å²) in [5.41, 5.74) is 1.76.